The summed E-state index contributed by atoms with van der Waals surface area (Å²) in [5, 5.41) is 4.16. The van der Waals surface area contributed by atoms with Crippen LogP contribution in [0.3, 0.4) is 0 Å². The summed E-state index contributed by atoms with van der Waals surface area (Å²) >= 11 is 12.2. The Labute approximate surface area is 191 Å². The number of amides is 1. The molecule has 1 aliphatic rings. The summed E-state index contributed by atoms with van der Waals surface area (Å²) in [5.41, 5.74) is 2.56. The molecule has 1 amide bonds. The van der Waals surface area contributed by atoms with Gasteiger partial charge < -0.3 is 10.3 Å². The summed E-state index contributed by atoms with van der Waals surface area (Å²) in [5.74, 6) is -0.0405. The van der Waals surface area contributed by atoms with Crippen molar-refractivity contribution in [1.29, 1.82) is 0 Å². The number of fused-ring (bicyclic) bond motifs is 1. The number of imidazole rings is 1. The maximum atomic E-state index is 12.9. The van der Waals surface area contributed by atoms with Gasteiger partial charge in [0.25, 0.3) is 0 Å². The number of halogens is 2. The Morgan fingerprint density at radius 2 is 1.84 bits per heavy atom. The fourth-order valence-corrected chi connectivity index (χ4v) is 4.97. The summed E-state index contributed by atoms with van der Waals surface area (Å²) < 4.78 is 1.86. The Kier molecular flexibility index (Phi) is 6.42. The minimum atomic E-state index is -0.269. The molecular formula is C23H26Cl2N4O2. The van der Waals surface area contributed by atoms with Gasteiger partial charge in [0, 0.05) is 29.2 Å². The topological polar surface area (TPSA) is 70.1 Å². The molecule has 8 heteroatoms. The number of carbonyl (C=O) groups excluding carboxylic acids is 1. The molecule has 4 rings (SSSR count). The lowest BCUT2D eigenvalue weighted by molar-refractivity contribution is -0.127. The molecule has 31 heavy (non-hydrogen) atoms. The minimum Gasteiger partial charge on any atom is -0.348 e. The predicted molar refractivity (Wildman–Crippen MR) is 125 cm³/mol. The van der Waals surface area contributed by atoms with Crippen LogP contribution < -0.4 is 11.0 Å². The number of carbonyl (C=O) groups is 1. The molecule has 0 bridgehead atoms. The molecule has 2 aromatic carbocycles. The number of para-hydroxylation sites is 2. The van der Waals surface area contributed by atoms with Gasteiger partial charge in [0.2, 0.25) is 5.91 Å². The molecule has 0 saturated carbocycles. The molecule has 3 aromatic rings. The smallest absolute Gasteiger partial charge is 0.326 e. The minimum absolute atomic E-state index is 0.0405. The summed E-state index contributed by atoms with van der Waals surface area (Å²) in [6.45, 7) is 5.33. The quantitative estimate of drug-likeness (QED) is 0.586. The summed E-state index contributed by atoms with van der Waals surface area (Å²) in [4.78, 5) is 30.4. The molecule has 1 saturated heterocycles. The van der Waals surface area contributed by atoms with Crippen molar-refractivity contribution in [3.63, 3.8) is 0 Å². The highest BCUT2D eigenvalue weighted by Crippen LogP contribution is 2.28. The van der Waals surface area contributed by atoms with Crippen LogP contribution in [0.4, 0.5) is 0 Å². The molecule has 2 heterocycles. The number of aromatic amines is 1. The number of nitrogens with zero attached hydrogens (tertiary/aromatic N) is 2. The van der Waals surface area contributed by atoms with E-state index in [9.17, 15) is 9.59 Å². The fraction of sp³-hybridized carbons (Fsp3) is 0.391. The third-order valence-corrected chi connectivity index (χ3v) is 6.77. The predicted octanol–water partition coefficient (Wildman–Crippen LogP) is 4.54. The average Bonchev–Trinajstić information content (AvgIpc) is 3.08. The van der Waals surface area contributed by atoms with Gasteiger partial charge in [-0.25, -0.2) is 4.79 Å². The van der Waals surface area contributed by atoms with Crippen molar-refractivity contribution in [2.45, 2.75) is 44.8 Å². The summed E-state index contributed by atoms with van der Waals surface area (Å²) in [6, 6.07) is 12.7. The third-order valence-electron chi connectivity index (χ3n) is 6.20. The Hall–Kier alpha value is -2.28. The van der Waals surface area contributed by atoms with E-state index in [4.69, 9.17) is 23.2 Å². The Bertz CT molecular complexity index is 1150. The molecule has 6 nitrogen and oxygen atoms in total. The molecule has 1 fully saturated rings. The van der Waals surface area contributed by atoms with Crippen LogP contribution in [0, 0.1) is 0 Å². The number of aromatic nitrogens is 2. The van der Waals surface area contributed by atoms with E-state index in [0.29, 0.717) is 10.0 Å². The van der Waals surface area contributed by atoms with E-state index >= 15 is 0 Å². The molecule has 2 atom stereocenters. The average molecular weight is 461 g/mol. The van der Waals surface area contributed by atoms with Gasteiger partial charge in [-0.3, -0.25) is 14.3 Å². The van der Waals surface area contributed by atoms with Crippen LogP contribution in [0.5, 0.6) is 0 Å². The van der Waals surface area contributed by atoms with Crippen LogP contribution in [0.15, 0.2) is 47.3 Å². The van der Waals surface area contributed by atoms with Crippen LogP contribution in [0.1, 0.15) is 44.3 Å². The van der Waals surface area contributed by atoms with Crippen LogP contribution in [-0.4, -0.2) is 39.5 Å². The van der Waals surface area contributed by atoms with Crippen LogP contribution in [0.25, 0.3) is 11.0 Å². The molecule has 0 aliphatic carbocycles. The Balaban J connectivity index is 1.38. The first-order valence-corrected chi connectivity index (χ1v) is 11.3. The first kappa shape index (κ1) is 21.9. The SMILES string of the molecule is CC(NC(=O)C(C)N1CCC(n2c(=O)[nH]c3ccccc32)CC1)c1ccc(Cl)cc1Cl. The zero-order valence-electron chi connectivity index (χ0n) is 17.6. The van der Waals surface area contributed by atoms with Crippen molar-refractivity contribution in [2.75, 3.05) is 13.1 Å². The lowest BCUT2D eigenvalue weighted by atomic mass is 10.0. The van der Waals surface area contributed by atoms with Crippen molar-refractivity contribution in [1.82, 2.24) is 19.8 Å². The number of hydrogen-bond donors (Lipinski definition) is 2. The molecule has 1 aliphatic heterocycles. The molecule has 2 unspecified atom stereocenters. The maximum Gasteiger partial charge on any atom is 0.326 e. The fourth-order valence-electron chi connectivity index (χ4n) is 4.40. The van der Waals surface area contributed by atoms with E-state index in [-0.39, 0.29) is 29.7 Å². The van der Waals surface area contributed by atoms with Gasteiger partial charge in [0.1, 0.15) is 0 Å². The van der Waals surface area contributed by atoms with Crippen molar-refractivity contribution in [3.05, 3.63) is 68.6 Å². The van der Waals surface area contributed by atoms with Gasteiger partial charge in [-0.1, -0.05) is 41.4 Å². The Morgan fingerprint density at radius 1 is 1.13 bits per heavy atom. The van der Waals surface area contributed by atoms with Crippen LogP contribution in [-0.2, 0) is 4.79 Å². The molecule has 0 radical (unpaired) electrons. The van der Waals surface area contributed by atoms with E-state index < -0.39 is 0 Å². The van der Waals surface area contributed by atoms with E-state index in [1.54, 1.807) is 12.1 Å². The van der Waals surface area contributed by atoms with Crippen molar-refractivity contribution < 1.29 is 4.79 Å². The van der Waals surface area contributed by atoms with E-state index in [0.717, 1.165) is 42.5 Å². The number of hydrogen-bond acceptors (Lipinski definition) is 3. The normalized spacial score (nSPS) is 17.5. The number of piperidine rings is 1. The highest BCUT2D eigenvalue weighted by molar-refractivity contribution is 6.35. The van der Waals surface area contributed by atoms with E-state index in [1.807, 2.05) is 48.7 Å². The number of H-pyrrole nitrogens is 1. The molecule has 2 N–H and O–H groups in total. The zero-order valence-corrected chi connectivity index (χ0v) is 19.1. The second kappa shape index (κ2) is 9.07. The number of rotatable bonds is 5. The molecule has 0 spiro atoms. The third kappa shape index (κ3) is 4.52. The molecule has 164 valence electrons. The van der Waals surface area contributed by atoms with Gasteiger partial charge in [-0.05, 0) is 56.5 Å². The van der Waals surface area contributed by atoms with Gasteiger partial charge in [0.15, 0.2) is 0 Å². The van der Waals surface area contributed by atoms with Crippen LogP contribution in [0.2, 0.25) is 10.0 Å². The van der Waals surface area contributed by atoms with Gasteiger partial charge in [-0.2, -0.15) is 0 Å². The van der Waals surface area contributed by atoms with Crippen LogP contribution >= 0.6 is 23.2 Å². The van der Waals surface area contributed by atoms with Gasteiger partial charge in [0.05, 0.1) is 23.1 Å². The highest BCUT2D eigenvalue weighted by Gasteiger charge is 2.29. The monoisotopic (exact) mass is 460 g/mol. The zero-order chi connectivity index (χ0) is 22.1. The van der Waals surface area contributed by atoms with Gasteiger partial charge >= 0.3 is 5.69 Å². The standard InChI is InChI=1S/C23H26Cl2N4O2/c1-14(18-8-7-16(24)13-19(18)25)26-22(30)15(2)28-11-9-17(10-12-28)29-21-6-4-3-5-20(21)27-23(29)31/h3-8,13-15,17H,9-12H2,1-2H3,(H,26,30)(H,27,31). The summed E-state index contributed by atoms with van der Waals surface area (Å²) in [6.07, 6.45) is 1.63. The lowest BCUT2D eigenvalue weighted by Crippen LogP contribution is -2.49. The number of nitrogens with one attached hydrogen (secondary N) is 2. The first-order chi connectivity index (χ1) is 14.8. The number of likely N-dealkylation sites (tertiary alicyclic amines) is 1. The van der Waals surface area contributed by atoms with Crippen molar-refractivity contribution in [2.24, 2.45) is 0 Å². The second-order valence-electron chi connectivity index (χ2n) is 8.16. The first-order valence-electron chi connectivity index (χ1n) is 10.5. The largest absolute Gasteiger partial charge is 0.348 e. The van der Waals surface area contributed by atoms with Gasteiger partial charge in [-0.15, -0.1) is 0 Å². The van der Waals surface area contributed by atoms with E-state index in [2.05, 4.69) is 15.2 Å². The second-order valence-corrected chi connectivity index (χ2v) is 9.00. The molecular weight excluding hydrogens is 435 g/mol. The summed E-state index contributed by atoms with van der Waals surface area (Å²) in [7, 11) is 0. The Morgan fingerprint density at radius 3 is 2.55 bits per heavy atom. The highest BCUT2D eigenvalue weighted by atomic mass is 35.5. The lowest BCUT2D eigenvalue weighted by Gasteiger charge is -2.36. The van der Waals surface area contributed by atoms with E-state index in [1.165, 1.54) is 0 Å². The maximum absolute atomic E-state index is 12.9. The molecule has 1 aromatic heterocycles. The van der Waals surface area contributed by atoms with Crippen molar-refractivity contribution in [3.8, 4) is 0 Å². The van der Waals surface area contributed by atoms with Crippen molar-refractivity contribution >= 4 is 40.1 Å². The number of benzene rings is 2.